The van der Waals surface area contributed by atoms with E-state index in [1.807, 2.05) is 0 Å². The summed E-state index contributed by atoms with van der Waals surface area (Å²) in [6, 6.07) is 0. The third-order valence-electron chi connectivity index (χ3n) is 3.08. The fourth-order valence-corrected chi connectivity index (χ4v) is 2.14. The summed E-state index contributed by atoms with van der Waals surface area (Å²) >= 11 is 0. The van der Waals surface area contributed by atoms with Crippen LogP contribution in [0.3, 0.4) is 0 Å². The Morgan fingerprint density at radius 3 is 2.42 bits per heavy atom. The molecule has 0 aromatic rings. The molecule has 2 saturated heterocycles. The Morgan fingerprint density at radius 2 is 1.84 bits per heavy atom. The predicted molar refractivity (Wildman–Crippen MR) is 64.0 cm³/mol. The zero-order valence-electron chi connectivity index (χ0n) is 11.9. The van der Waals surface area contributed by atoms with Crippen LogP contribution < -0.4 is 0 Å². The van der Waals surface area contributed by atoms with E-state index >= 15 is 0 Å². The van der Waals surface area contributed by atoms with E-state index in [1.165, 1.54) is 0 Å². The van der Waals surface area contributed by atoms with Crippen molar-refractivity contribution in [1.82, 2.24) is 0 Å². The summed E-state index contributed by atoms with van der Waals surface area (Å²) in [6.45, 7) is 8.67. The molecule has 0 aromatic heterocycles. The predicted octanol–water partition coefficient (Wildman–Crippen LogP) is 1.79. The fourth-order valence-electron chi connectivity index (χ4n) is 2.14. The highest BCUT2D eigenvalue weighted by atomic mass is 19.1. The van der Waals surface area contributed by atoms with Crippen molar-refractivity contribution in [2.24, 2.45) is 5.41 Å². The lowest BCUT2D eigenvalue weighted by molar-refractivity contribution is -0.210. The van der Waals surface area contributed by atoms with E-state index in [0.717, 1.165) is 0 Å². The number of carbonyl (C=O) groups is 1. The largest absolute Gasteiger partial charge is 0.462 e. The van der Waals surface area contributed by atoms with Gasteiger partial charge in [0.2, 0.25) is 6.36 Å². The van der Waals surface area contributed by atoms with Gasteiger partial charge in [-0.05, 0) is 34.6 Å². The van der Waals surface area contributed by atoms with Crippen molar-refractivity contribution in [2.45, 2.75) is 65.1 Å². The standard InChI is InChI=1S/C13H21FO5/c1-12(2,3)11(15)16-6-7-8-9(10(14)17-7)19-13(4,5)18-8/h7-10H,6H2,1-5H3/t7-,8-,9-,10-/m1/s1. The van der Waals surface area contributed by atoms with Crippen molar-refractivity contribution in [1.29, 1.82) is 0 Å². The molecule has 0 unspecified atom stereocenters. The third kappa shape index (κ3) is 3.07. The fraction of sp³-hybridized carbons (Fsp3) is 0.923. The number of hydrogen-bond donors (Lipinski definition) is 0. The van der Waals surface area contributed by atoms with Crippen molar-refractivity contribution in [3.05, 3.63) is 0 Å². The Bertz CT molecular complexity index is 363. The number of esters is 1. The summed E-state index contributed by atoms with van der Waals surface area (Å²) in [5, 5.41) is 0. The molecule has 5 nitrogen and oxygen atoms in total. The lowest BCUT2D eigenvalue weighted by Crippen LogP contribution is -2.35. The Balaban J connectivity index is 1.94. The van der Waals surface area contributed by atoms with Crippen LogP contribution in [0.5, 0.6) is 0 Å². The van der Waals surface area contributed by atoms with Gasteiger partial charge < -0.3 is 18.9 Å². The van der Waals surface area contributed by atoms with Crippen molar-refractivity contribution in [2.75, 3.05) is 6.61 Å². The van der Waals surface area contributed by atoms with E-state index in [1.54, 1.807) is 34.6 Å². The highest BCUT2D eigenvalue weighted by molar-refractivity contribution is 5.75. The van der Waals surface area contributed by atoms with Gasteiger partial charge in [-0.15, -0.1) is 0 Å². The zero-order chi connectivity index (χ0) is 14.4. The van der Waals surface area contributed by atoms with Crippen molar-refractivity contribution in [3.8, 4) is 0 Å². The van der Waals surface area contributed by atoms with Gasteiger partial charge in [-0.25, -0.2) is 4.39 Å². The van der Waals surface area contributed by atoms with E-state index in [-0.39, 0.29) is 12.6 Å². The average molecular weight is 276 g/mol. The molecule has 6 heteroatoms. The molecule has 2 fully saturated rings. The molecule has 19 heavy (non-hydrogen) atoms. The normalized spacial score (nSPS) is 37.2. The molecular formula is C13H21FO5. The van der Waals surface area contributed by atoms with Crippen LogP contribution in [-0.4, -0.2) is 43.0 Å². The van der Waals surface area contributed by atoms with Gasteiger partial charge >= 0.3 is 5.97 Å². The maximum Gasteiger partial charge on any atom is 0.311 e. The molecule has 0 spiro atoms. The monoisotopic (exact) mass is 276 g/mol. The number of halogens is 1. The molecule has 0 radical (unpaired) electrons. The molecular weight excluding hydrogens is 255 g/mol. The Morgan fingerprint density at radius 1 is 1.26 bits per heavy atom. The molecule has 0 N–H and O–H groups in total. The minimum absolute atomic E-state index is 0.0306. The highest BCUT2D eigenvalue weighted by Gasteiger charge is 2.56. The second-order valence-corrected chi connectivity index (χ2v) is 6.44. The quantitative estimate of drug-likeness (QED) is 0.720. The molecule has 0 saturated carbocycles. The van der Waals surface area contributed by atoms with Gasteiger partial charge in [0.05, 0.1) is 5.41 Å². The van der Waals surface area contributed by atoms with Crippen molar-refractivity contribution in [3.63, 3.8) is 0 Å². The molecule has 0 aromatic carbocycles. The number of alkyl halides is 1. The minimum atomic E-state index is -1.55. The molecule has 2 aliphatic heterocycles. The Hall–Kier alpha value is -0.720. The number of hydrogen-bond acceptors (Lipinski definition) is 5. The Labute approximate surface area is 112 Å². The summed E-state index contributed by atoms with van der Waals surface area (Å²) < 4.78 is 34.9. The van der Waals surface area contributed by atoms with Crippen LogP contribution in [0.15, 0.2) is 0 Å². The highest BCUT2D eigenvalue weighted by Crippen LogP contribution is 2.39. The lowest BCUT2D eigenvalue weighted by Gasteiger charge is -2.23. The van der Waals surface area contributed by atoms with Gasteiger partial charge in [-0.2, -0.15) is 0 Å². The summed E-state index contributed by atoms with van der Waals surface area (Å²) in [6.07, 6.45) is -3.48. The van der Waals surface area contributed by atoms with Crippen LogP contribution >= 0.6 is 0 Å². The zero-order valence-corrected chi connectivity index (χ0v) is 11.9. The molecule has 0 amide bonds. The van der Waals surface area contributed by atoms with Crippen molar-refractivity contribution >= 4 is 5.97 Å². The van der Waals surface area contributed by atoms with E-state index in [9.17, 15) is 9.18 Å². The molecule has 0 aliphatic carbocycles. The maximum atomic E-state index is 13.7. The smallest absolute Gasteiger partial charge is 0.311 e. The summed E-state index contributed by atoms with van der Waals surface area (Å²) in [5.74, 6) is -1.19. The summed E-state index contributed by atoms with van der Waals surface area (Å²) in [4.78, 5) is 11.7. The van der Waals surface area contributed by atoms with Crippen molar-refractivity contribution < 1.29 is 28.1 Å². The first-order chi connectivity index (χ1) is 8.60. The van der Waals surface area contributed by atoms with Crippen LogP contribution in [0, 0.1) is 5.41 Å². The minimum Gasteiger partial charge on any atom is -0.462 e. The van der Waals surface area contributed by atoms with Crippen LogP contribution in [0.4, 0.5) is 4.39 Å². The van der Waals surface area contributed by atoms with E-state index < -0.39 is 35.9 Å². The first-order valence-corrected chi connectivity index (χ1v) is 6.42. The van der Waals surface area contributed by atoms with E-state index in [2.05, 4.69) is 0 Å². The van der Waals surface area contributed by atoms with E-state index in [0.29, 0.717) is 0 Å². The van der Waals surface area contributed by atoms with Crippen LogP contribution in [0.25, 0.3) is 0 Å². The number of ether oxygens (including phenoxy) is 4. The molecule has 4 atom stereocenters. The molecule has 2 heterocycles. The SMILES string of the molecule is CC1(C)O[C@@H]2[C@H](O1)[C@@H](COC(=O)C(C)(C)C)O[C@H]2F. The molecule has 110 valence electrons. The molecule has 0 bridgehead atoms. The average Bonchev–Trinajstić information content (AvgIpc) is 2.70. The topological polar surface area (TPSA) is 54.0 Å². The third-order valence-corrected chi connectivity index (χ3v) is 3.08. The van der Waals surface area contributed by atoms with Gasteiger partial charge in [0.25, 0.3) is 0 Å². The van der Waals surface area contributed by atoms with Crippen LogP contribution in [0.2, 0.25) is 0 Å². The number of carbonyl (C=O) groups excluding carboxylic acids is 1. The van der Waals surface area contributed by atoms with Gasteiger partial charge in [0, 0.05) is 0 Å². The molecule has 2 aliphatic rings. The first kappa shape index (κ1) is 14.7. The second-order valence-electron chi connectivity index (χ2n) is 6.44. The van der Waals surface area contributed by atoms with Gasteiger partial charge in [0.1, 0.15) is 24.9 Å². The summed E-state index contributed by atoms with van der Waals surface area (Å²) in [7, 11) is 0. The maximum absolute atomic E-state index is 13.7. The van der Waals surface area contributed by atoms with Gasteiger partial charge in [-0.1, -0.05) is 0 Å². The van der Waals surface area contributed by atoms with Crippen LogP contribution in [-0.2, 0) is 23.7 Å². The number of fused-ring (bicyclic) bond motifs is 1. The van der Waals surface area contributed by atoms with Gasteiger partial charge in [0.15, 0.2) is 5.79 Å². The van der Waals surface area contributed by atoms with Crippen LogP contribution in [0.1, 0.15) is 34.6 Å². The Kier molecular flexibility index (Phi) is 3.62. The van der Waals surface area contributed by atoms with E-state index in [4.69, 9.17) is 18.9 Å². The first-order valence-electron chi connectivity index (χ1n) is 6.42. The number of rotatable bonds is 2. The lowest BCUT2D eigenvalue weighted by atomic mass is 9.97. The molecule has 2 rings (SSSR count). The second kappa shape index (κ2) is 4.68. The summed E-state index contributed by atoms with van der Waals surface area (Å²) in [5.41, 5.74) is -0.598. The van der Waals surface area contributed by atoms with Gasteiger partial charge in [-0.3, -0.25) is 4.79 Å².